The molecule has 0 bridgehead atoms. The molecule has 1 saturated heterocycles. The van der Waals surface area contributed by atoms with E-state index in [0.717, 1.165) is 25.7 Å². The first-order chi connectivity index (χ1) is 6.33. The van der Waals surface area contributed by atoms with Crippen LogP contribution in [0.2, 0.25) is 0 Å². The molecule has 1 fully saturated rings. The van der Waals surface area contributed by atoms with Gasteiger partial charge in [0.05, 0.1) is 6.42 Å². The quantitative estimate of drug-likeness (QED) is 0.400. The van der Waals surface area contributed by atoms with Crippen LogP contribution < -0.4 is 0 Å². The molecule has 1 rings (SSSR count). The fourth-order valence-electron chi connectivity index (χ4n) is 1.14. The summed E-state index contributed by atoms with van der Waals surface area (Å²) < 4.78 is 4.91. The van der Waals surface area contributed by atoms with Crippen LogP contribution in [0.15, 0.2) is 0 Å². The van der Waals surface area contributed by atoms with Crippen molar-refractivity contribution >= 4 is 5.97 Å². The van der Waals surface area contributed by atoms with Gasteiger partial charge in [0.2, 0.25) is 0 Å². The molecule has 3 heteroatoms. The summed E-state index contributed by atoms with van der Waals surface area (Å²) in [5, 5.41) is 8.49. The normalized spacial score (nSPS) is 20.7. The van der Waals surface area contributed by atoms with E-state index in [0.29, 0.717) is 6.42 Å². The van der Waals surface area contributed by atoms with Crippen molar-refractivity contribution in [2.45, 2.75) is 38.2 Å². The van der Waals surface area contributed by atoms with Crippen molar-refractivity contribution < 1.29 is 14.6 Å². The first-order valence-electron chi connectivity index (χ1n) is 4.61. The summed E-state index contributed by atoms with van der Waals surface area (Å²) in [6.45, 7) is 0.222. The lowest BCUT2D eigenvalue weighted by molar-refractivity contribution is -0.139. The average Bonchev–Trinajstić information content (AvgIpc) is 2.51. The van der Waals surface area contributed by atoms with Crippen LogP contribution in [0.25, 0.3) is 0 Å². The molecule has 72 valence electrons. The van der Waals surface area contributed by atoms with E-state index in [2.05, 4.69) is 11.8 Å². The second-order valence-corrected chi connectivity index (χ2v) is 3.02. The predicted octanol–water partition coefficient (Wildman–Crippen LogP) is 0.858. The number of unbranched alkanes of at least 4 members (excludes halogenated alkanes) is 2. The lowest BCUT2D eigenvalue weighted by Gasteiger charge is -1.97. The van der Waals surface area contributed by atoms with Gasteiger partial charge in [0.15, 0.2) is 6.10 Å². The fraction of sp³-hybridized carbons (Fsp3) is 0.700. The molecule has 1 atom stereocenters. The summed E-state index contributed by atoms with van der Waals surface area (Å²) in [5.41, 5.74) is 0. The van der Waals surface area contributed by atoms with E-state index in [1.54, 1.807) is 0 Å². The Morgan fingerprint density at radius 2 is 2.38 bits per heavy atom. The Hall–Kier alpha value is -1.01. The number of aliphatic hydroxyl groups excluding tert-OH is 1. The number of carbonyl (C=O) groups is 1. The van der Waals surface area contributed by atoms with Crippen molar-refractivity contribution in [1.29, 1.82) is 0 Å². The van der Waals surface area contributed by atoms with Gasteiger partial charge in [-0.3, -0.25) is 4.79 Å². The average molecular weight is 182 g/mol. The second-order valence-electron chi connectivity index (χ2n) is 3.02. The van der Waals surface area contributed by atoms with E-state index >= 15 is 0 Å². The maximum absolute atomic E-state index is 10.7. The molecule has 0 saturated carbocycles. The second kappa shape index (κ2) is 5.60. The number of esters is 1. The van der Waals surface area contributed by atoms with Crippen molar-refractivity contribution in [3.63, 3.8) is 0 Å². The van der Waals surface area contributed by atoms with E-state index in [1.807, 2.05) is 0 Å². The van der Waals surface area contributed by atoms with Gasteiger partial charge < -0.3 is 9.84 Å². The summed E-state index contributed by atoms with van der Waals surface area (Å²) >= 11 is 0. The van der Waals surface area contributed by atoms with Crippen LogP contribution >= 0.6 is 0 Å². The Kier molecular flexibility index (Phi) is 4.34. The molecule has 1 N–H and O–H groups in total. The molecule has 0 aliphatic carbocycles. The molecule has 0 spiro atoms. The van der Waals surface area contributed by atoms with Crippen molar-refractivity contribution in [3.05, 3.63) is 0 Å². The molecule has 3 nitrogen and oxygen atoms in total. The summed E-state index contributed by atoms with van der Waals surface area (Å²) in [6, 6.07) is 0. The summed E-state index contributed by atoms with van der Waals surface area (Å²) in [6.07, 6.45) is 3.52. The van der Waals surface area contributed by atoms with Gasteiger partial charge in [-0.15, -0.1) is 0 Å². The topological polar surface area (TPSA) is 46.5 Å². The highest BCUT2D eigenvalue weighted by molar-refractivity contribution is 5.72. The summed E-state index contributed by atoms with van der Waals surface area (Å²) in [4.78, 5) is 10.7. The van der Waals surface area contributed by atoms with Crippen LogP contribution in [-0.4, -0.2) is 23.8 Å². The molecule has 0 radical (unpaired) electrons. The van der Waals surface area contributed by atoms with Crippen molar-refractivity contribution in [3.8, 4) is 11.8 Å². The predicted molar refractivity (Wildman–Crippen MR) is 47.8 cm³/mol. The van der Waals surface area contributed by atoms with Crippen molar-refractivity contribution in [2.75, 3.05) is 6.61 Å². The molecule has 0 aromatic heterocycles. The first kappa shape index (κ1) is 10.1. The van der Waals surface area contributed by atoms with Gasteiger partial charge in [0, 0.05) is 19.4 Å². The first-order valence-corrected chi connectivity index (χ1v) is 4.61. The fourth-order valence-corrected chi connectivity index (χ4v) is 1.14. The number of hydrogen-bond acceptors (Lipinski definition) is 3. The van der Waals surface area contributed by atoms with Crippen molar-refractivity contribution in [1.82, 2.24) is 0 Å². The lowest BCUT2D eigenvalue weighted by Crippen LogP contribution is -2.02. The molecular weight excluding hydrogens is 168 g/mol. The molecule has 0 amide bonds. The van der Waals surface area contributed by atoms with Gasteiger partial charge in [-0.1, -0.05) is 11.8 Å². The zero-order chi connectivity index (χ0) is 9.52. The molecule has 0 aromatic carbocycles. The Morgan fingerprint density at radius 3 is 3.00 bits per heavy atom. The monoisotopic (exact) mass is 182 g/mol. The number of cyclic esters (lactones) is 1. The lowest BCUT2D eigenvalue weighted by atomic mass is 10.2. The highest BCUT2D eigenvalue weighted by Gasteiger charge is 2.20. The third-order valence-corrected chi connectivity index (χ3v) is 1.86. The molecule has 13 heavy (non-hydrogen) atoms. The summed E-state index contributed by atoms with van der Waals surface area (Å²) in [5.74, 6) is 5.70. The number of ether oxygens (including phenoxy) is 1. The maximum atomic E-state index is 10.7. The van der Waals surface area contributed by atoms with Crippen LogP contribution in [0.5, 0.6) is 0 Å². The Labute approximate surface area is 78.1 Å². The van der Waals surface area contributed by atoms with Crippen molar-refractivity contribution in [2.24, 2.45) is 0 Å². The van der Waals surface area contributed by atoms with E-state index in [9.17, 15) is 4.79 Å². The molecule has 1 aliphatic rings. The third-order valence-electron chi connectivity index (χ3n) is 1.86. The summed E-state index contributed by atoms with van der Waals surface area (Å²) in [7, 11) is 0. The van der Waals surface area contributed by atoms with Crippen LogP contribution in [0.1, 0.15) is 32.1 Å². The zero-order valence-electron chi connectivity index (χ0n) is 7.58. The molecule has 1 heterocycles. The maximum Gasteiger partial charge on any atom is 0.307 e. The number of hydrogen-bond donors (Lipinski definition) is 1. The molecule has 1 unspecified atom stereocenters. The van der Waals surface area contributed by atoms with Gasteiger partial charge in [-0.25, -0.2) is 0 Å². The van der Waals surface area contributed by atoms with Crippen LogP contribution in [0.3, 0.4) is 0 Å². The number of aliphatic hydroxyl groups is 1. The Bertz CT molecular complexity index is 224. The van der Waals surface area contributed by atoms with Gasteiger partial charge in [0.1, 0.15) is 0 Å². The Morgan fingerprint density at radius 1 is 1.54 bits per heavy atom. The SMILES string of the molecule is O=C1CCC(C#CCCCCO)O1. The van der Waals surface area contributed by atoms with Crippen LogP contribution in [-0.2, 0) is 9.53 Å². The minimum absolute atomic E-state index is 0.144. The smallest absolute Gasteiger partial charge is 0.307 e. The highest BCUT2D eigenvalue weighted by atomic mass is 16.5. The van der Waals surface area contributed by atoms with Gasteiger partial charge in [-0.05, 0) is 12.8 Å². The van der Waals surface area contributed by atoms with Crippen LogP contribution in [0, 0.1) is 11.8 Å². The molecule has 0 aromatic rings. The molecule has 1 aliphatic heterocycles. The zero-order valence-corrected chi connectivity index (χ0v) is 7.58. The minimum Gasteiger partial charge on any atom is -0.449 e. The van der Waals surface area contributed by atoms with Crippen LogP contribution in [0.4, 0.5) is 0 Å². The van der Waals surface area contributed by atoms with Gasteiger partial charge >= 0.3 is 5.97 Å². The molecular formula is C10H14O3. The minimum atomic E-state index is -0.179. The van der Waals surface area contributed by atoms with E-state index < -0.39 is 0 Å². The number of rotatable bonds is 3. The van der Waals surface area contributed by atoms with E-state index in [4.69, 9.17) is 9.84 Å². The highest BCUT2D eigenvalue weighted by Crippen LogP contribution is 2.12. The largest absolute Gasteiger partial charge is 0.449 e. The standard InChI is InChI=1S/C10H14O3/c11-8-4-2-1-3-5-9-6-7-10(12)13-9/h9,11H,1-2,4,6-8H2. The van der Waals surface area contributed by atoms with E-state index in [-0.39, 0.29) is 18.7 Å². The van der Waals surface area contributed by atoms with E-state index in [1.165, 1.54) is 0 Å². The Balaban J connectivity index is 2.12. The number of carbonyl (C=O) groups excluding carboxylic acids is 1. The third kappa shape index (κ3) is 3.95. The van der Waals surface area contributed by atoms with Gasteiger partial charge in [0.25, 0.3) is 0 Å². The van der Waals surface area contributed by atoms with Gasteiger partial charge in [-0.2, -0.15) is 0 Å².